The summed E-state index contributed by atoms with van der Waals surface area (Å²) >= 11 is 0. The van der Waals surface area contributed by atoms with Crippen molar-refractivity contribution in [3.8, 4) is 0 Å². The van der Waals surface area contributed by atoms with Gasteiger partial charge in [0.15, 0.2) is 0 Å². The van der Waals surface area contributed by atoms with Crippen molar-refractivity contribution in [2.24, 2.45) is 5.92 Å². The lowest BCUT2D eigenvalue weighted by atomic mass is 9.91. The van der Waals surface area contributed by atoms with E-state index in [-0.39, 0.29) is 12.2 Å². The number of rotatable bonds is 8. The highest BCUT2D eigenvalue weighted by Gasteiger charge is 2.37. The fourth-order valence-corrected chi connectivity index (χ4v) is 4.42. The van der Waals surface area contributed by atoms with E-state index >= 15 is 0 Å². The number of piperidine rings is 1. The average molecular weight is 480 g/mol. The molecule has 0 aromatic carbocycles. The minimum absolute atomic E-state index is 0.149. The van der Waals surface area contributed by atoms with E-state index in [9.17, 15) is 26.4 Å². The summed E-state index contributed by atoms with van der Waals surface area (Å²) in [4.78, 5) is 22.9. The zero-order chi connectivity index (χ0) is 23.4. The van der Waals surface area contributed by atoms with Gasteiger partial charge in [-0.3, -0.25) is 9.35 Å². The van der Waals surface area contributed by atoms with Gasteiger partial charge in [0.05, 0.1) is 0 Å². The van der Waals surface area contributed by atoms with Crippen molar-refractivity contribution < 1.29 is 30.9 Å². The Bertz CT molecular complexity index is 899. The van der Waals surface area contributed by atoms with Gasteiger partial charge in [-0.1, -0.05) is 0 Å². The lowest BCUT2D eigenvalue weighted by Gasteiger charge is -2.33. The summed E-state index contributed by atoms with van der Waals surface area (Å²) in [6, 6.07) is 1.64. The first-order valence-corrected chi connectivity index (χ1v) is 12.3. The summed E-state index contributed by atoms with van der Waals surface area (Å²) in [6.07, 6.45) is 0.235. The summed E-state index contributed by atoms with van der Waals surface area (Å²) < 4.78 is 70.0. The van der Waals surface area contributed by atoms with Crippen LogP contribution in [0.3, 0.4) is 0 Å². The summed E-state index contributed by atoms with van der Waals surface area (Å²) in [7, 11) is -4.24. The van der Waals surface area contributed by atoms with Gasteiger partial charge in [0.2, 0.25) is 11.7 Å². The Morgan fingerprint density at radius 1 is 1.09 bits per heavy atom. The van der Waals surface area contributed by atoms with Gasteiger partial charge in [0.1, 0.15) is 17.5 Å². The van der Waals surface area contributed by atoms with E-state index in [1.54, 1.807) is 6.07 Å². The molecule has 2 fully saturated rings. The van der Waals surface area contributed by atoms with Crippen LogP contribution in [0.5, 0.6) is 0 Å². The van der Waals surface area contributed by atoms with Gasteiger partial charge in [-0.15, -0.1) is 0 Å². The predicted molar refractivity (Wildman–Crippen MR) is 112 cm³/mol. The Hall–Kier alpha value is -2.15. The predicted octanol–water partition coefficient (Wildman–Crippen LogP) is 2.44. The normalized spacial score (nSPS) is 18.2. The molecular weight excluding hydrogens is 451 g/mol. The monoisotopic (exact) mass is 479 g/mol. The molecule has 0 spiro atoms. The first-order chi connectivity index (χ1) is 15.0. The molecule has 3 rings (SSSR count). The quantitative estimate of drug-likeness (QED) is 0.547. The van der Waals surface area contributed by atoms with Crippen LogP contribution >= 0.6 is 0 Å². The number of carbonyl (C=O) groups is 1. The number of halogens is 3. The van der Waals surface area contributed by atoms with Gasteiger partial charge in [-0.25, -0.2) is 9.97 Å². The van der Waals surface area contributed by atoms with Crippen LogP contribution in [0.25, 0.3) is 0 Å². The van der Waals surface area contributed by atoms with Gasteiger partial charge in [0.25, 0.3) is 10.1 Å². The van der Waals surface area contributed by atoms with E-state index in [2.05, 4.69) is 15.3 Å². The number of hydrogen-bond donors (Lipinski definition) is 2. The van der Waals surface area contributed by atoms with Crippen molar-refractivity contribution in [2.45, 2.75) is 51.1 Å². The molecular formula is C19H28F3N5O4S. The van der Waals surface area contributed by atoms with E-state index < -0.39 is 33.9 Å². The highest BCUT2D eigenvalue weighted by molar-refractivity contribution is 7.85. The molecule has 2 saturated heterocycles. The van der Waals surface area contributed by atoms with Gasteiger partial charge in [-0.2, -0.15) is 21.6 Å². The third-order valence-corrected chi connectivity index (χ3v) is 6.30. The largest absolute Gasteiger partial charge is 0.451 e. The number of amides is 1. The fraction of sp³-hybridized carbons (Fsp3) is 0.737. The van der Waals surface area contributed by atoms with Crippen LogP contribution in [0.15, 0.2) is 6.07 Å². The maximum Gasteiger partial charge on any atom is 0.451 e. The smallest absolute Gasteiger partial charge is 0.356 e. The van der Waals surface area contributed by atoms with E-state index in [0.29, 0.717) is 44.3 Å². The highest BCUT2D eigenvalue weighted by Crippen LogP contribution is 2.33. The van der Waals surface area contributed by atoms with E-state index in [0.717, 1.165) is 32.1 Å². The number of alkyl halides is 3. The fourth-order valence-electron chi connectivity index (χ4n) is 4.08. The third kappa shape index (κ3) is 7.19. The minimum Gasteiger partial charge on any atom is -0.356 e. The molecule has 1 amide bonds. The molecule has 0 atom stereocenters. The zero-order valence-electron chi connectivity index (χ0n) is 17.6. The molecule has 32 heavy (non-hydrogen) atoms. The van der Waals surface area contributed by atoms with Crippen LogP contribution in [0.4, 0.5) is 24.8 Å². The highest BCUT2D eigenvalue weighted by atomic mass is 32.2. The van der Waals surface area contributed by atoms with Gasteiger partial charge in [0, 0.05) is 38.7 Å². The Labute approximate surface area is 185 Å². The molecule has 180 valence electrons. The first kappa shape index (κ1) is 24.5. The topological polar surface area (TPSA) is 116 Å². The lowest BCUT2D eigenvalue weighted by Crippen LogP contribution is -2.35. The second kappa shape index (κ2) is 10.2. The van der Waals surface area contributed by atoms with Crippen LogP contribution in [0.1, 0.15) is 50.8 Å². The molecule has 0 saturated carbocycles. The molecule has 1 aromatic heterocycles. The summed E-state index contributed by atoms with van der Waals surface area (Å²) in [5.74, 6) is -1.44. The molecule has 9 nitrogen and oxygen atoms in total. The second-order valence-corrected chi connectivity index (χ2v) is 9.70. The van der Waals surface area contributed by atoms with E-state index in [4.69, 9.17) is 4.55 Å². The molecule has 2 aliphatic rings. The van der Waals surface area contributed by atoms with Crippen molar-refractivity contribution in [3.63, 3.8) is 0 Å². The Morgan fingerprint density at radius 3 is 2.19 bits per heavy atom. The summed E-state index contributed by atoms with van der Waals surface area (Å²) in [5.41, 5.74) is 0. The van der Waals surface area contributed by atoms with E-state index in [1.807, 2.05) is 9.80 Å². The van der Waals surface area contributed by atoms with Gasteiger partial charge >= 0.3 is 6.18 Å². The summed E-state index contributed by atoms with van der Waals surface area (Å²) in [5, 5.41) is 2.14. The Morgan fingerprint density at radius 2 is 1.66 bits per heavy atom. The Balaban J connectivity index is 1.53. The molecule has 2 aliphatic heterocycles. The maximum atomic E-state index is 13.3. The average Bonchev–Trinajstić information content (AvgIpc) is 3.26. The van der Waals surface area contributed by atoms with Crippen molar-refractivity contribution in [2.75, 3.05) is 41.9 Å². The van der Waals surface area contributed by atoms with Crippen molar-refractivity contribution in [1.82, 2.24) is 15.3 Å². The molecule has 0 bridgehead atoms. The Kier molecular flexibility index (Phi) is 7.80. The van der Waals surface area contributed by atoms with Crippen LogP contribution in [-0.2, 0) is 21.1 Å². The number of aromatic nitrogens is 2. The van der Waals surface area contributed by atoms with Crippen LogP contribution in [0, 0.1) is 5.92 Å². The molecule has 0 aliphatic carbocycles. The lowest BCUT2D eigenvalue weighted by molar-refractivity contribution is -0.144. The molecule has 0 radical (unpaired) electrons. The van der Waals surface area contributed by atoms with Crippen molar-refractivity contribution >= 4 is 27.7 Å². The van der Waals surface area contributed by atoms with Gasteiger partial charge in [-0.05, 0) is 44.4 Å². The molecule has 2 N–H and O–H groups in total. The maximum absolute atomic E-state index is 13.3. The summed E-state index contributed by atoms with van der Waals surface area (Å²) in [6.45, 7) is 2.50. The molecule has 0 unspecified atom stereocenters. The zero-order valence-corrected chi connectivity index (χ0v) is 18.5. The van der Waals surface area contributed by atoms with Crippen LogP contribution in [-0.4, -0.2) is 60.9 Å². The van der Waals surface area contributed by atoms with Crippen LogP contribution in [0.2, 0.25) is 0 Å². The van der Waals surface area contributed by atoms with Crippen molar-refractivity contribution in [3.05, 3.63) is 11.9 Å². The number of carbonyl (C=O) groups excluding carboxylic acids is 1. The molecule has 3 heterocycles. The number of hydrogen-bond acceptors (Lipinski definition) is 7. The number of anilines is 2. The third-order valence-electron chi connectivity index (χ3n) is 5.79. The molecule has 13 heteroatoms. The number of nitrogens with zero attached hydrogens (tertiary/aromatic N) is 4. The van der Waals surface area contributed by atoms with Gasteiger partial charge < -0.3 is 15.1 Å². The number of nitrogens with one attached hydrogen (secondary N) is 1. The SMILES string of the molecule is O=C(CCCC1CCN(c2cc(N3CCCC3)nc(C(F)(F)F)n2)CC1)NCS(=O)(=O)O. The minimum atomic E-state index is -4.61. The first-order valence-electron chi connectivity index (χ1n) is 10.7. The standard InChI is InChI=1S/C19H28F3N5O4S/c20-19(21,22)18-24-15(26-8-1-2-9-26)12-16(25-18)27-10-6-14(7-11-27)4-3-5-17(28)23-13-32(29,30)31/h12,14H,1-11,13H2,(H,23,28)(H,29,30,31). The second-order valence-electron chi connectivity index (χ2n) is 8.25. The molecule has 1 aromatic rings. The van der Waals surface area contributed by atoms with Crippen molar-refractivity contribution in [1.29, 1.82) is 0 Å². The van der Waals surface area contributed by atoms with Crippen LogP contribution < -0.4 is 15.1 Å². The van der Waals surface area contributed by atoms with E-state index in [1.165, 1.54) is 0 Å².